The topological polar surface area (TPSA) is 15.3 Å². The van der Waals surface area contributed by atoms with Crippen LogP contribution in [0.4, 0.5) is 28.4 Å². The van der Waals surface area contributed by atoms with E-state index < -0.39 is 0 Å². The van der Waals surface area contributed by atoms with E-state index in [1.54, 1.807) is 0 Å². The number of para-hydroxylation sites is 1. The number of benzene rings is 10. The molecule has 0 aromatic heterocycles. The lowest BCUT2D eigenvalue weighted by Crippen LogP contribution is -2.11. The second-order valence-corrected chi connectivity index (χ2v) is 15.7. The fourth-order valence-electron chi connectivity index (χ4n) is 8.17. The van der Waals surface area contributed by atoms with Crippen molar-refractivity contribution in [3.8, 4) is 55.6 Å². The molecule has 2 nitrogen and oxygen atoms in total. The molecule has 0 unspecified atom stereocenters. The average Bonchev–Trinajstić information content (AvgIpc) is 3.33. The molecule has 0 fully saturated rings. The van der Waals surface area contributed by atoms with E-state index in [4.69, 9.17) is 12.6 Å². The lowest BCUT2D eigenvalue weighted by molar-refractivity contribution is 1.29. The zero-order valence-electron chi connectivity index (χ0n) is 33.5. The normalized spacial score (nSPS) is 11.0. The molecule has 0 radical (unpaired) electrons. The Labute approximate surface area is 363 Å². The molecule has 10 rings (SSSR count). The number of nitrogens with zero attached hydrogens (tertiary/aromatic N) is 1. The van der Waals surface area contributed by atoms with Crippen molar-refractivity contribution in [1.29, 1.82) is 0 Å². The summed E-state index contributed by atoms with van der Waals surface area (Å²) in [5.74, 6) is 0. The van der Waals surface area contributed by atoms with E-state index in [9.17, 15) is 0 Å². The Morgan fingerprint density at radius 3 is 1.38 bits per heavy atom. The summed E-state index contributed by atoms with van der Waals surface area (Å²) >= 11 is 4.77. The van der Waals surface area contributed by atoms with E-state index in [-0.39, 0.29) is 0 Å². The van der Waals surface area contributed by atoms with Crippen LogP contribution in [0.2, 0.25) is 0 Å². The Morgan fingerprint density at radius 1 is 0.295 bits per heavy atom. The van der Waals surface area contributed by atoms with Crippen LogP contribution < -0.4 is 10.2 Å². The van der Waals surface area contributed by atoms with Crippen LogP contribution in [-0.2, 0) is 0 Å². The summed E-state index contributed by atoms with van der Waals surface area (Å²) in [5, 5.41) is 5.87. The summed E-state index contributed by atoms with van der Waals surface area (Å²) in [6.45, 7) is 0. The van der Waals surface area contributed by atoms with Gasteiger partial charge in [-0.2, -0.15) is 0 Å². The third-order valence-corrected chi connectivity index (χ3v) is 11.7. The van der Waals surface area contributed by atoms with Crippen molar-refractivity contribution in [2.45, 2.75) is 4.90 Å². The second-order valence-electron chi connectivity index (χ2n) is 15.3. The van der Waals surface area contributed by atoms with Gasteiger partial charge in [0.2, 0.25) is 0 Å². The molecule has 0 saturated carbocycles. The first-order valence-corrected chi connectivity index (χ1v) is 21.1. The van der Waals surface area contributed by atoms with Gasteiger partial charge in [0.05, 0.1) is 5.69 Å². The SMILES string of the molecule is Sc1ccccc1-c1ccc(N(c2cccc(-c3ccc(-c4ccc(-c5ccc(Nc6ccccc6)cc5)cc4)cc3)c2)c2cc3ccccc3cc2-c2ccccc2)cc1. The zero-order chi connectivity index (χ0) is 41.0. The Balaban J connectivity index is 0.976. The molecular formula is C58H42N2S. The molecule has 0 saturated heterocycles. The molecule has 0 aliphatic rings. The first-order chi connectivity index (χ1) is 30.1. The molecule has 10 aromatic carbocycles. The molecule has 0 amide bonds. The van der Waals surface area contributed by atoms with Crippen LogP contribution in [-0.4, -0.2) is 0 Å². The summed E-state index contributed by atoms with van der Waals surface area (Å²) in [5.41, 5.74) is 17.1. The van der Waals surface area contributed by atoms with Crippen LogP contribution in [0.25, 0.3) is 66.4 Å². The quantitative estimate of drug-likeness (QED) is 0.134. The highest BCUT2D eigenvalue weighted by Crippen LogP contribution is 2.44. The van der Waals surface area contributed by atoms with Crippen LogP contribution in [0.5, 0.6) is 0 Å². The number of hydrogen-bond acceptors (Lipinski definition) is 3. The van der Waals surface area contributed by atoms with E-state index in [2.05, 4.69) is 223 Å². The smallest absolute Gasteiger partial charge is 0.0546 e. The molecule has 0 spiro atoms. The van der Waals surface area contributed by atoms with Crippen molar-refractivity contribution in [3.05, 3.63) is 243 Å². The van der Waals surface area contributed by atoms with Crippen molar-refractivity contribution in [2.24, 2.45) is 0 Å². The molecule has 3 heteroatoms. The summed E-state index contributed by atoms with van der Waals surface area (Å²) < 4.78 is 0. The largest absolute Gasteiger partial charge is 0.356 e. The van der Waals surface area contributed by atoms with Gasteiger partial charge in [0.1, 0.15) is 0 Å². The highest BCUT2D eigenvalue weighted by Gasteiger charge is 2.19. The van der Waals surface area contributed by atoms with Crippen LogP contribution >= 0.6 is 12.6 Å². The molecule has 1 N–H and O–H groups in total. The Kier molecular flexibility index (Phi) is 10.5. The van der Waals surface area contributed by atoms with E-state index in [1.165, 1.54) is 44.2 Å². The molecule has 0 atom stereocenters. The van der Waals surface area contributed by atoms with Crippen LogP contribution in [0, 0.1) is 0 Å². The molecule has 0 bridgehead atoms. The highest BCUT2D eigenvalue weighted by molar-refractivity contribution is 7.80. The maximum Gasteiger partial charge on any atom is 0.0546 e. The monoisotopic (exact) mass is 798 g/mol. The summed E-state index contributed by atoms with van der Waals surface area (Å²) in [6.07, 6.45) is 0. The van der Waals surface area contributed by atoms with Crippen molar-refractivity contribution < 1.29 is 0 Å². The number of rotatable bonds is 10. The van der Waals surface area contributed by atoms with Gasteiger partial charge in [-0.05, 0) is 128 Å². The summed E-state index contributed by atoms with van der Waals surface area (Å²) in [4.78, 5) is 3.36. The zero-order valence-corrected chi connectivity index (χ0v) is 34.4. The van der Waals surface area contributed by atoms with Crippen molar-refractivity contribution in [1.82, 2.24) is 0 Å². The fraction of sp³-hybridized carbons (Fsp3) is 0. The average molecular weight is 799 g/mol. The highest BCUT2D eigenvalue weighted by atomic mass is 32.1. The molecule has 0 heterocycles. The van der Waals surface area contributed by atoms with E-state index >= 15 is 0 Å². The Hall–Kier alpha value is -7.59. The van der Waals surface area contributed by atoms with Crippen LogP contribution in [0.3, 0.4) is 0 Å². The second kappa shape index (κ2) is 16.9. The van der Waals surface area contributed by atoms with E-state index in [1.807, 2.05) is 30.3 Å². The predicted octanol–water partition coefficient (Wildman–Crippen LogP) is 16.7. The fourth-order valence-corrected chi connectivity index (χ4v) is 8.46. The standard InChI is InChI=1S/C58H42N2S/c61-58-21-10-9-20-55(58)47-32-36-53(37-33-47)60(57-40-50-15-8-7-14-49(50)39-56(57)46-12-3-1-4-13-46)54-19-11-16-48(38-54)45-28-26-42(27-29-45)41-22-24-43(25-23-41)44-30-34-52(35-31-44)59-51-17-5-2-6-18-51/h1-40,59,61H. The molecule has 290 valence electrons. The van der Waals surface area contributed by atoms with E-state index in [0.717, 1.165) is 55.6 Å². The lowest BCUT2D eigenvalue weighted by Gasteiger charge is -2.29. The molecule has 0 aliphatic heterocycles. The van der Waals surface area contributed by atoms with Crippen molar-refractivity contribution >= 4 is 51.8 Å². The molecule has 61 heavy (non-hydrogen) atoms. The van der Waals surface area contributed by atoms with Gasteiger partial charge in [0, 0.05) is 33.2 Å². The van der Waals surface area contributed by atoms with Gasteiger partial charge < -0.3 is 10.2 Å². The number of fused-ring (bicyclic) bond motifs is 1. The van der Waals surface area contributed by atoms with Gasteiger partial charge in [-0.1, -0.05) is 176 Å². The van der Waals surface area contributed by atoms with E-state index in [0.29, 0.717) is 0 Å². The van der Waals surface area contributed by atoms with Gasteiger partial charge in [0.15, 0.2) is 0 Å². The number of thiol groups is 1. The van der Waals surface area contributed by atoms with Gasteiger partial charge in [0.25, 0.3) is 0 Å². The predicted molar refractivity (Wildman–Crippen MR) is 263 cm³/mol. The van der Waals surface area contributed by atoms with Crippen molar-refractivity contribution in [2.75, 3.05) is 10.2 Å². The minimum absolute atomic E-state index is 0.960. The van der Waals surface area contributed by atoms with Crippen LogP contribution in [0.1, 0.15) is 0 Å². The summed E-state index contributed by atoms with van der Waals surface area (Å²) in [7, 11) is 0. The molecule has 10 aromatic rings. The maximum atomic E-state index is 4.77. The Morgan fingerprint density at radius 2 is 0.754 bits per heavy atom. The summed E-state index contributed by atoms with van der Waals surface area (Å²) in [6, 6.07) is 86.7. The number of anilines is 5. The Bertz CT molecular complexity index is 3070. The lowest BCUT2D eigenvalue weighted by atomic mass is 9.96. The minimum Gasteiger partial charge on any atom is -0.356 e. The first kappa shape index (κ1) is 37.7. The third-order valence-electron chi connectivity index (χ3n) is 11.4. The number of hydrogen-bond donors (Lipinski definition) is 2. The van der Waals surface area contributed by atoms with Gasteiger partial charge in [-0.15, -0.1) is 12.6 Å². The molecule has 0 aliphatic carbocycles. The minimum atomic E-state index is 0.960. The van der Waals surface area contributed by atoms with Gasteiger partial charge in [-0.3, -0.25) is 0 Å². The van der Waals surface area contributed by atoms with Crippen molar-refractivity contribution in [3.63, 3.8) is 0 Å². The van der Waals surface area contributed by atoms with Crippen LogP contribution in [0.15, 0.2) is 248 Å². The van der Waals surface area contributed by atoms with Gasteiger partial charge in [-0.25, -0.2) is 0 Å². The molecular weight excluding hydrogens is 757 g/mol. The maximum absolute atomic E-state index is 4.77. The first-order valence-electron chi connectivity index (χ1n) is 20.6. The van der Waals surface area contributed by atoms with Gasteiger partial charge >= 0.3 is 0 Å². The third kappa shape index (κ3) is 8.08. The number of nitrogens with one attached hydrogen (secondary N) is 1.